The SMILES string of the molecule is CC(C)CNC(=O)[C@H](C)N(Cc1ccc(Cl)c(Cl)c1)C(=O)Cc1ccc(Cl)cc1. The summed E-state index contributed by atoms with van der Waals surface area (Å²) < 4.78 is 0. The summed E-state index contributed by atoms with van der Waals surface area (Å²) in [6.45, 7) is 6.57. The molecule has 0 aliphatic carbocycles. The monoisotopic (exact) mass is 454 g/mol. The molecule has 0 aromatic heterocycles. The Morgan fingerprint density at radius 3 is 2.14 bits per heavy atom. The second-order valence-corrected chi connectivity index (χ2v) is 8.64. The van der Waals surface area contributed by atoms with E-state index in [4.69, 9.17) is 34.8 Å². The Kier molecular flexibility index (Phi) is 8.81. The predicted octanol–water partition coefficient (Wildman–Crippen LogP) is 5.38. The van der Waals surface area contributed by atoms with Gasteiger partial charge in [-0.2, -0.15) is 0 Å². The molecule has 156 valence electrons. The number of rotatable bonds is 8. The molecular weight excluding hydrogens is 431 g/mol. The van der Waals surface area contributed by atoms with Crippen molar-refractivity contribution in [3.63, 3.8) is 0 Å². The lowest BCUT2D eigenvalue weighted by Crippen LogP contribution is -2.48. The average Bonchev–Trinajstić information content (AvgIpc) is 2.68. The molecule has 0 aliphatic heterocycles. The lowest BCUT2D eigenvalue weighted by Gasteiger charge is -2.29. The molecule has 29 heavy (non-hydrogen) atoms. The number of nitrogens with one attached hydrogen (secondary N) is 1. The number of nitrogens with zero attached hydrogens (tertiary/aromatic N) is 1. The van der Waals surface area contributed by atoms with Gasteiger partial charge in [0.2, 0.25) is 11.8 Å². The van der Waals surface area contributed by atoms with Gasteiger partial charge < -0.3 is 10.2 Å². The minimum Gasteiger partial charge on any atom is -0.354 e. The van der Waals surface area contributed by atoms with E-state index in [0.717, 1.165) is 11.1 Å². The summed E-state index contributed by atoms with van der Waals surface area (Å²) in [5, 5.41) is 4.35. The Hall–Kier alpha value is -1.75. The summed E-state index contributed by atoms with van der Waals surface area (Å²) >= 11 is 18.0. The van der Waals surface area contributed by atoms with Gasteiger partial charge in [0.15, 0.2) is 0 Å². The van der Waals surface area contributed by atoms with E-state index >= 15 is 0 Å². The Balaban J connectivity index is 2.22. The Labute approximate surface area is 187 Å². The largest absolute Gasteiger partial charge is 0.354 e. The highest BCUT2D eigenvalue weighted by Gasteiger charge is 2.26. The molecule has 0 saturated heterocycles. The predicted molar refractivity (Wildman–Crippen MR) is 119 cm³/mol. The fourth-order valence-electron chi connectivity index (χ4n) is 2.75. The average molecular weight is 456 g/mol. The standard InChI is InChI=1S/C22H25Cl3N2O2/c1-14(2)12-26-22(29)15(3)27(13-17-6-9-19(24)20(25)10-17)21(28)11-16-4-7-18(23)8-5-16/h4-10,14-15H,11-13H2,1-3H3,(H,26,29)/t15-/m0/s1. The zero-order chi connectivity index (χ0) is 21.6. The fraction of sp³-hybridized carbons (Fsp3) is 0.364. The summed E-state index contributed by atoms with van der Waals surface area (Å²) in [5.41, 5.74) is 1.63. The molecule has 2 aromatic rings. The zero-order valence-corrected chi connectivity index (χ0v) is 19.0. The minimum atomic E-state index is -0.636. The molecule has 1 atom stereocenters. The third kappa shape index (κ3) is 7.22. The molecule has 0 heterocycles. The summed E-state index contributed by atoms with van der Waals surface area (Å²) in [6.07, 6.45) is 0.167. The Morgan fingerprint density at radius 1 is 0.931 bits per heavy atom. The van der Waals surface area contributed by atoms with Gasteiger partial charge in [-0.1, -0.05) is 66.8 Å². The highest BCUT2D eigenvalue weighted by molar-refractivity contribution is 6.42. The third-order valence-corrected chi connectivity index (χ3v) is 5.45. The molecule has 0 saturated carbocycles. The highest BCUT2D eigenvalue weighted by Crippen LogP contribution is 2.24. The molecule has 7 heteroatoms. The number of carbonyl (C=O) groups is 2. The van der Waals surface area contributed by atoms with Crippen LogP contribution in [0, 0.1) is 5.92 Å². The molecule has 0 fully saturated rings. The minimum absolute atomic E-state index is 0.161. The molecule has 0 radical (unpaired) electrons. The van der Waals surface area contributed by atoms with Crippen molar-refractivity contribution in [1.29, 1.82) is 0 Å². The van der Waals surface area contributed by atoms with E-state index in [1.807, 2.05) is 13.8 Å². The number of benzene rings is 2. The molecule has 2 rings (SSSR count). The number of amides is 2. The van der Waals surface area contributed by atoms with Crippen molar-refractivity contribution in [3.05, 3.63) is 68.7 Å². The van der Waals surface area contributed by atoms with Crippen molar-refractivity contribution in [3.8, 4) is 0 Å². The van der Waals surface area contributed by atoms with Gasteiger partial charge >= 0.3 is 0 Å². The van der Waals surface area contributed by atoms with Crippen LogP contribution in [0.15, 0.2) is 42.5 Å². The molecule has 1 N–H and O–H groups in total. The van der Waals surface area contributed by atoms with Gasteiger partial charge in [-0.3, -0.25) is 9.59 Å². The first kappa shape index (κ1) is 23.5. The van der Waals surface area contributed by atoms with Crippen LogP contribution in [-0.4, -0.2) is 29.3 Å². The Bertz CT molecular complexity index is 854. The van der Waals surface area contributed by atoms with E-state index in [-0.39, 0.29) is 24.8 Å². The molecule has 2 amide bonds. The highest BCUT2D eigenvalue weighted by atomic mass is 35.5. The smallest absolute Gasteiger partial charge is 0.242 e. The van der Waals surface area contributed by atoms with Crippen molar-refractivity contribution in [2.24, 2.45) is 5.92 Å². The summed E-state index contributed by atoms with van der Waals surface area (Å²) in [5.74, 6) is -0.0340. The molecule has 4 nitrogen and oxygen atoms in total. The van der Waals surface area contributed by atoms with Crippen molar-refractivity contribution >= 4 is 46.6 Å². The summed E-state index contributed by atoms with van der Waals surface area (Å²) in [6, 6.07) is 11.7. The quantitative estimate of drug-likeness (QED) is 0.581. The fourth-order valence-corrected chi connectivity index (χ4v) is 3.19. The maximum absolute atomic E-state index is 13.1. The van der Waals surface area contributed by atoms with Crippen molar-refractivity contribution in [2.75, 3.05) is 6.54 Å². The molecule has 0 bridgehead atoms. The van der Waals surface area contributed by atoms with Gasteiger partial charge in [-0.05, 0) is 48.2 Å². The van der Waals surface area contributed by atoms with Crippen LogP contribution >= 0.6 is 34.8 Å². The van der Waals surface area contributed by atoms with E-state index in [2.05, 4.69) is 5.32 Å². The molecule has 0 aliphatic rings. The van der Waals surface area contributed by atoms with Crippen LogP contribution in [0.1, 0.15) is 31.9 Å². The number of halogens is 3. The Morgan fingerprint density at radius 2 is 1.55 bits per heavy atom. The first-order valence-electron chi connectivity index (χ1n) is 9.43. The van der Waals surface area contributed by atoms with E-state index in [1.165, 1.54) is 0 Å². The first-order valence-corrected chi connectivity index (χ1v) is 10.6. The first-order chi connectivity index (χ1) is 13.7. The van der Waals surface area contributed by atoms with Crippen molar-refractivity contribution in [1.82, 2.24) is 10.2 Å². The summed E-state index contributed by atoms with van der Waals surface area (Å²) in [4.78, 5) is 27.3. The number of carbonyl (C=O) groups excluding carboxylic acids is 2. The van der Waals surface area contributed by atoms with Crippen molar-refractivity contribution in [2.45, 2.75) is 39.8 Å². The van der Waals surface area contributed by atoms with E-state index < -0.39 is 6.04 Å². The second kappa shape index (κ2) is 10.9. The van der Waals surface area contributed by atoms with Gasteiger partial charge in [0.25, 0.3) is 0 Å². The van der Waals surface area contributed by atoms with Gasteiger partial charge in [0.1, 0.15) is 6.04 Å². The van der Waals surface area contributed by atoms with Crippen LogP contribution in [0.5, 0.6) is 0 Å². The number of hydrogen-bond donors (Lipinski definition) is 1. The van der Waals surface area contributed by atoms with Crippen LogP contribution < -0.4 is 5.32 Å². The van der Waals surface area contributed by atoms with Crippen molar-refractivity contribution < 1.29 is 9.59 Å². The molecule has 2 aromatic carbocycles. The van der Waals surface area contributed by atoms with E-state index in [0.29, 0.717) is 27.5 Å². The number of hydrogen-bond acceptors (Lipinski definition) is 2. The molecule has 0 spiro atoms. The maximum Gasteiger partial charge on any atom is 0.242 e. The topological polar surface area (TPSA) is 49.4 Å². The summed E-state index contributed by atoms with van der Waals surface area (Å²) in [7, 11) is 0. The lowest BCUT2D eigenvalue weighted by molar-refractivity contribution is -0.140. The van der Waals surface area contributed by atoms with Gasteiger partial charge in [-0.25, -0.2) is 0 Å². The van der Waals surface area contributed by atoms with Gasteiger partial charge in [0.05, 0.1) is 16.5 Å². The third-order valence-electron chi connectivity index (χ3n) is 4.46. The van der Waals surface area contributed by atoms with Crippen LogP contribution in [0.3, 0.4) is 0 Å². The molecular formula is C22H25Cl3N2O2. The normalized spacial score (nSPS) is 12.0. The van der Waals surface area contributed by atoms with Crippen LogP contribution in [-0.2, 0) is 22.6 Å². The van der Waals surface area contributed by atoms with Crippen LogP contribution in [0.25, 0.3) is 0 Å². The van der Waals surface area contributed by atoms with Crippen LogP contribution in [0.4, 0.5) is 0 Å². The van der Waals surface area contributed by atoms with E-state index in [1.54, 1.807) is 54.3 Å². The zero-order valence-electron chi connectivity index (χ0n) is 16.7. The van der Waals surface area contributed by atoms with E-state index in [9.17, 15) is 9.59 Å². The molecule has 0 unspecified atom stereocenters. The van der Waals surface area contributed by atoms with Gasteiger partial charge in [0, 0.05) is 18.1 Å². The van der Waals surface area contributed by atoms with Crippen LogP contribution in [0.2, 0.25) is 15.1 Å². The second-order valence-electron chi connectivity index (χ2n) is 7.39. The maximum atomic E-state index is 13.1. The lowest BCUT2D eigenvalue weighted by atomic mass is 10.1. The van der Waals surface area contributed by atoms with Gasteiger partial charge in [-0.15, -0.1) is 0 Å².